The highest BCUT2D eigenvalue weighted by Crippen LogP contribution is 2.21. The lowest BCUT2D eigenvalue weighted by molar-refractivity contribution is 0.346. The molecule has 0 fully saturated rings. The second-order valence-electron chi connectivity index (χ2n) is 6.15. The van der Waals surface area contributed by atoms with Gasteiger partial charge in [0.15, 0.2) is 5.96 Å². The Morgan fingerprint density at radius 1 is 1.40 bits per heavy atom. The normalized spacial score (nSPS) is 13.6. The van der Waals surface area contributed by atoms with Crippen LogP contribution in [0.2, 0.25) is 0 Å². The number of thiophene rings is 1. The molecule has 1 atom stereocenters. The van der Waals surface area contributed by atoms with E-state index in [4.69, 9.17) is 0 Å². The number of aliphatic imine (C=N–C) groups is 1. The van der Waals surface area contributed by atoms with Crippen LogP contribution in [0.5, 0.6) is 0 Å². The molecule has 0 aliphatic heterocycles. The van der Waals surface area contributed by atoms with E-state index in [2.05, 4.69) is 60.8 Å². The number of rotatable bonds is 5. The van der Waals surface area contributed by atoms with Crippen molar-refractivity contribution in [2.75, 3.05) is 7.05 Å². The summed E-state index contributed by atoms with van der Waals surface area (Å²) in [5, 5.41) is 8.89. The van der Waals surface area contributed by atoms with Crippen molar-refractivity contribution in [3.8, 4) is 0 Å². The lowest BCUT2D eigenvalue weighted by Crippen LogP contribution is -2.42. The number of hydrogen-bond donors (Lipinski definition) is 2. The summed E-state index contributed by atoms with van der Waals surface area (Å²) in [6, 6.07) is 4.64. The third kappa shape index (κ3) is 8.79. The van der Waals surface area contributed by atoms with Crippen molar-refractivity contribution in [2.24, 2.45) is 10.4 Å². The number of halogens is 1. The minimum atomic E-state index is 0. The van der Waals surface area contributed by atoms with Crippen molar-refractivity contribution in [1.29, 1.82) is 0 Å². The van der Waals surface area contributed by atoms with Gasteiger partial charge in [0.25, 0.3) is 0 Å². The van der Waals surface area contributed by atoms with Crippen molar-refractivity contribution in [3.05, 3.63) is 22.4 Å². The van der Waals surface area contributed by atoms with Crippen molar-refractivity contribution in [3.63, 3.8) is 0 Å². The summed E-state index contributed by atoms with van der Waals surface area (Å²) in [5.74, 6) is 0.884. The number of guanidine groups is 1. The average molecular weight is 409 g/mol. The van der Waals surface area contributed by atoms with Gasteiger partial charge >= 0.3 is 0 Å². The van der Waals surface area contributed by atoms with Gasteiger partial charge in [-0.1, -0.05) is 26.8 Å². The van der Waals surface area contributed by atoms with Crippen LogP contribution in [-0.4, -0.2) is 19.0 Å². The second kappa shape index (κ2) is 9.60. The highest BCUT2D eigenvalue weighted by Gasteiger charge is 2.13. The zero-order chi connectivity index (χ0) is 14.3. The van der Waals surface area contributed by atoms with Gasteiger partial charge in [-0.05, 0) is 36.6 Å². The van der Waals surface area contributed by atoms with Gasteiger partial charge in [-0.2, -0.15) is 0 Å². The molecule has 0 bridgehead atoms. The quantitative estimate of drug-likeness (QED) is 0.434. The molecule has 1 rings (SSSR count). The third-order valence-corrected chi connectivity index (χ3v) is 3.82. The number of nitrogens with one attached hydrogen (secondary N) is 2. The molecular weight excluding hydrogens is 381 g/mol. The average Bonchev–Trinajstić information content (AvgIpc) is 2.84. The van der Waals surface area contributed by atoms with Gasteiger partial charge in [0.1, 0.15) is 0 Å². The topological polar surface area (TPSA) is 36.4 Å². The fourth-order valence-electron chi connectivity index (χ4n) is 1.73. The minimum Gasteiger partial charge on any atom is -0.354 e. The van der Waals surface area contributed by atoms with E-state index in [0.717, 1.165) is 18.9 Å². The van der Waals surface area contributed by atoms with Crippen LogP contribution in [0, 0.1) is 5.41 Å². The van der Waals surface area contributed by atoms with Crippen molar-refractivity contribution >= 4 is 41.3 Å². The van der Waals surface area contributed by atoms with Crippen LogP contribution in [0.1, 0.15) is 45.4 Å². The molecule has 116 valence electrons. The largest absolute Gasteiger partial charge is 0.354 e. The molecule has 20 heavy (non-hydrogen) atoms. The Bertz CT molecular complexity index is 382. The first kappa shape index (κ1) is 19.7. The zero-order valence-corrected chi connectivity index (χ0v) is 16.3. The molecule has 0 aliphatic rings. The number of nitrogens with zero attached hydrogens (tertiary/aromatic N) is 1. The highest BCUT2D eigenvalue weighted by molar-refractivity contribution is 14.0. The summed E-state index contributed by atoms with van der Waals surface area (Å²) in [6.45, 7) is 9.89. The molecule has 3 nitrogen and oxygen atoms in total. The lowest BCUT2D eigenvalue weighted by atomic mass is 9.89. The van der Waals surface area contributed by atoms with E-state index in [1.54, 1.807) is 11.3 Å². The molecule has 0 aromatic carbocycles. The Labute approximate surface area is 144 Å². The van der Waals surface area contributed by atoms with E-state index in [9.17, 15) is 0 Å². The highest BCUT2D eigenvalue weighted by atomic mass is 127. The van der Waals surface area contributed by atoms with Crippen LogP contribution in [0.15, 0.2) is 22.5 Å². The molecule has 1 aromatic heterocycles. The maximum atomic E-state index is 4.27. The van der Waals surface area contributed by atoms with E-state index in [1.165, 1.54) is 11.3 Å². The summed E-state index contributed by atoms with van der Waals surface area (Å²) < 4.78 is 0. The van der Waals surface area contributed by atoms with Crippen molar-refractivity contribution in [1.82, 2.24) is 10.6 Å². The smallest absolute Gasteiger partial charge is 0.191 e. The van der Waals surface area contributed by atoms with E-state index in [0.29, 0.717) is 11.5 Å². The lowest BCUT2D eigenvalue weighted by Gasteiger charge is -2.23. The van der Waals surface area contributed by atoms with E-state index in [1.807, 2.05) is 7.05 Å². The van der Waals surface area contributed by atoms with Crippen LogP contribution in [0.4, 0.5) is 0 Å². The van der Waals surface area contributed by atoms with E-state index >= 15 is 0 Å². The van der Waals surface area contributed by atoms with Gasteiger partial charge in [0.2, 0.25) is 0 Å². The Kier molecular flexibility index (Phi) is 9.46. The molecule has 1 aromatic rings. The molecule has 1 heterocycles. The molecule has 0 spiro atoms. The first-order valence-electron chi connectivity index (χ1n) is 6.90. The summed E-state index contributed by atoms with van der Waals surface area (Å²) in [4.78, 5) is 5.60. The van der Waals surface area contributed by atoms with Crippen molar-refractivity contribution < 1.29 is 0 Å². The summed E-state index contributed by atoms with van der Waals surface area (Å²) in [5.41, 5.74) is 0.393. The van der Waals surface area contributed by atoms with Crippen LogP contribution < -0.4 is 10.6 Å². The Hall–Kier alpha value is -0.300. The van der Waals surface area contributed by atoms with Gasteiger partial charge in [-0.15, -0.1) is 35.3 Å². The van der Waals surface area contributed by atoms with Crippen LogP contribution >= 0.6 is 35.3 Å². The predicted molar refractivity (Wildman–Crippen MR) is 101 cm³/mol. The first-order chi connectivity index (χ1) is 8.90. The molecule has 0 amide bonds. The van der Waals surface area contributed by atoms with E-state index < -0.39 is 0 Å². The molecule has 0 saturated heterocycles. The maximum absolute atomic E-state index is 4.27. The summed E-state index contributed by atoms with van der Waals surface area (Å²) >= 11 is 1.76. The standard InChI is InChI=1S/C15H27N3S.HI/c1-12(8-9-15(2,3)4)18-14(16-5)17-11-13-7-6-10-19-13;/h6-7,10,12H,8-9,11H2,1-5H3,(H2,16,17,18);1H. The molecule has 1 unspecified atom stereocenters. The maximum Gasteiger partial charge on any atom is 0.191 e. The summed E-state index contributed by atoms with van der Waals surface area (Å²) in [7, 11) is 1.82. The first-order valence-corrected chi connectivity index (χ1v) is 7.78. The molecule has 0 saturated carbocycles. The Morgan fingerprint density at radius 2 is 2.10 bits per heavy atom. The molecule has 5 heteroatoms. The molecular formula is C15H28IN3S. The molecule has 0 radical (unpaired) electrons. The van der Waals surface area contributed by atoms with Gasteiger partial charge in [0, 0.05) is 18.0 Å². The SMILES string of the molecule is CN=C(NCc1cccs1)NC(C)CCC(C)(C)C.I. The molecule has 0 aliphatic carbocycles. The Balaban J connectivity index is 0.00000361. The van der Waals surface area contributed by atoms with Gasteiger partial charge in [-0.3, -0.25) is 4.99 Å². The fraction of sp³-hybridized carbons (Fsp3) is 0.667. The van der Waals surface area contributed by atoms with Crippen LogP contribution in [0.25, 0.3) is 0 Å². The Morgan fingerprint density at radius 3 is 2.60 bits per heavy atom. The monoisotopic (exact) mass is 409 g/mol. The van der Waals surface area contributed by atoms with Crippen LogP contribution in [-0.2, 0) is 6.54 Å². The van der Waals surface area contributed by atoms with Gasteiger partial charge < -0.3 is 10.6 Å². The van der Waals surface area contributed by atoms with Crippen LogP contribution in [0.3, 0.4) is 0 Å². The summed E-state index contributed by atoms with van der Waals surface area (Å²) in [6.07, 6.45) is 2.37. The number of hydrogen-bond acceptors (Lipinski definition) is 2. The van der Waals surface area contributed by atoms with Gasteiger partial charge in [-0.25, -0.2) is 0 Å². The second-order valence-corrected chi connectivity index (χ2v) is 7.18. The predicted octanol–water partition coefficient (Wildman–Crippen LogP) is 4.25. The van der Waals surface area contributed by atoms with E-state index in [-0.39, 0.29) is 24.0 Å². The fourth-order valence-corrected chi connectivity index (χ4v) is 2.38. The molecule has 2 N–H and O–H groups in total. The zero-order valence-electron chi connectivity index (χ0n) is 13.2. The minimum absolute atomic E-state index is 0. The van der Waals surface area contributed by atoms with Gasteiger partial charge in [0.05, 0.1) is 6.54 Å². The third-order valence-electron chi connectivity index (χ3n) is 2.94. The van der Waals surface area contributed by atoms with Crippen molar-refractivity contribution in [2.45, 2.75) is 53.1 Å².